The van der Waals surface area contributed by atoms with Gasteiger partial charge in [-0.05, 0) is 0 Å². The molecule has 2 rings (SSSR count). The summed E-state index contributed by atoms with van der Waals surface area (Å²) in [5.41, 5.74) is -1.79. The van der Waals surface area contributed by atoms with Crippen molar-refractivity contribution < 1.29 is 19.7 Å². The van der Waals surface area contributed by atoms with Crippen LogP contribution >= 0.6 is 11.6 Å². The molecule has 0 unspecified atom stereocenters. The van der Waals surface area contributed by atoms with Gasteiger partial charge in [0.05, 0.1) is 6.61 Å². The van der Waals surface area contributed by atoms with Crippen molar-refractivity contribution in [3.05, 3.63) is 24.7 Å². The third kappa shape index (κ3) is 2.09. The third-order valence-electron chi connectivity index (χ3n) is 3.05. The average Bonchev–Trinajstić information content (AvgIpc) is 2.64. The number of alkyl halides is 1. The number of hydrogen-bond acceptors (Lipinski definition) is 6. The minimum atomic E-state index is -1.79. The first kappa shape index (κ1) is 13.8. The Morgan fingerprint density at radius 2 is 2.42 bits per heavy atom. The van der Waals surface area contributed by atoms with Crippen molar-refractivity contribution in [2.75, 3.05) is 6.61 Å². The molecule has 3 N–H and O–H groups in total. The lowest BCUT2D eigenvalue weighted by atomic mass is 9.99. The van der Waals surface area contributed by atoms with Gasteiger partial charge in [-0.1, -0.05) is 6.58 Å². The summed E-state index contributed by atoms with van der Waals surface area (Å²) in [6.07, 6.45) is 0.332. The summed E-state index contributed by atoms with van der Waals surface area (Å²) in [4.78, 5) is 12.5. The van der Waals surface area contributed by atoms with Crippen LogP contribution in [0, 0.1) is 11.3 Å². The first-order valence-corrected chi connectivity index (χ1v) is 5.87. The molecule has 102 valence electrons. The van der Waals surface area contributed by atoms with Gasteiger partial charge < -0.3 is 25.2 Å². The lowest BCUT2D eigenvalue weighted by molar-refractivity contribution is -0.119. The van der Waals surface area contributed by atoms with Gasteiger partial charge in [-0.3, -0.25) is 4.79 Å². The van der Waals surface area contributed by atoms with E-state index in [1.54, 1.807) is 6.07 Å². The minimum absolute atomic E-state index is 0.210. The minimum Gasteiger partial charge on any atom is -0.392 e. The molecular weight excluding hydrogens is 274 g/mol. The average molecular weight is 286 g/mol. The van der Waals surface area contributed by atoms with Crippen LogP contribution in [-0.4, -0.2) is 50.9 Å². The molecular formula is C11H12ClN3O4. The number of carbonyl (C=O) groups excluding carboxylic acids is 1. The molecule has 1 fully saturated rings. The van der Waals surface area contributed by atoms with Crippen LogP contribution in [0.15, 0.2) is 24.7 Å². The summed E-state index contributed by atoms with van der Waals surface area (Å²) >= 11 is 6.04. The standard InChI is InChI=1S/C11H12ClN3O4/c1-6-14-7(17)2-3-15(6)10-8(12)9(18)11(4-13,5-16)19-10/h2-3,8-10,16,18H,1,5H2,(H,14,17)/t8-,9+,10-,11-/m1/s1. The Hall–Kier alpha value is -1.59. The Kier molecular flexibility index (Phi) is 3.52. The van der Waals surface area contributed by atoms with E-state index >= 15 is 0 Å². The van der Waals surface area contributed by atoms with E-state index in [1.807, 2.05) is 0 Å². The van der Waals surface area contributed by atoms with Gasteiger partial charge in [-0.25, -0.2) is 0 Å². The Morgan fingerprint density at radius 1 is 1.74 bits per heavy atom. The van der Waals surface area contributed by atoms with Crippen molar-refractivity contribution in [3.63, 3.8) is 0 Å². The first-order chi connectivity index (χ1) is 8.95. The zero-order valence-electron chi connectivity index (χ0n) is 9.78. The maximum Gasteiger partial charge on any atom is 0.250 e. The number of carbonyl (C=O) groups is 1. The molecule has 2 aliphatic heterocycles. The number of ether oxygens (including phenoxy) is 1. The summed E-state index contributed by atoms with van der Waals surface area (Å²) < 4.78 is 5.39. The van der Waals surface area contributed by atoms with E-state index in [0.717, 1.165) is 0 Å². The van der Waals surface area contributed by atoms with Gasteiger partial charge in [0.2, 0.25) is 5.60 Å². The number of nitriles is 1. The molecule has 2 aliphatic rings. The molecule has 7 nitrogen and oxygen atoms in total. The first-order valence-electron chi connectivity index (χ1n) is 5.43. The van der Waals surface area contributed by atoms with E-state index in [2.05, 4.69) is 11.9 Å². The van der Waals surface area contributed by atoms with E-state index in [1.165, 1.54) is 17.2 Å². The number of amides is 1. The highest BCUT2D eigenvalue weighted by Gasteiger charge is 2.56. The highest BCUT2D eigenvalue weighted by Crippen LogP contribution is 2.37. The fraction of sp³-hybridized carbons (Fsp3) is 0.455. The molecule has 1 saturated heterocycles. The predicted molar refractivity (Wildman–Crippen MR) is 64.2 cm³/mol. The Morgan fingerprint density at radius 3 is 2.89 bits per heavy atom. The van der Waals surface area contributed by atoms with Gasteiger partial charge in [0.25, 0.3) is 5.91 Å². The van der Waals surface area contributed by atoms with Crippen LogP contribution in [0.2, 0.25) is 0 Å². The fourth-order valence-corrected chi connectivity index (χ4v) is 2.33. The molecule has 0 aliphatic carbocycles. The smallest absolute Gasteiger partial charge is 0.250 e. The molecule has 1 amide bonds. The highest BCUT2D eigenvalue weighted by atomic mass is 35.5. The molecule has 8 heteroatoms. The van der Waals surface area contributed by atoms with Crippen LogP contribution in [0.1, 0.15) is 0 Å². The van der Waals surface area contributed by atoms with Crippen LogP contribution in [0.3, 0.4) is 0 Å². The van der Waals surface area contributed by atoms with E-state index in [9.17, 15) is 15.0 Å². The van der Waals surface area contributed by atoms with Crippen molar-refractivity contribution in [2.45, 2.75) is 23.3 Å². The van der Waals surface area contributed by atoms with Gasteiger partial charge in [-0.15, -0.1) is 11.6 Å². The number of hydrogen-bond donors (Lipinski definition) is 3. The van der Waals surface area contributed by atoms with E-state index in [0.29, 0.717) is 0 Å². The largest absolute Gasteiger partial charge is 0.392 e. The van der Waals surface area contributed by atoms with Crippen molar-refractivity contribution in [2.24, 2.45) is 0 Å². The van der Waals surface area contributed by atoms with Crippen LogP contribution in [0.5, 0.6) is 0 Å². The van der Waals surface area contributed by atoms with Gasteiger partial charge in [0, 0.05) is 12.3 Å². The lowest BCUT2D eigenvalue weighted by Crippen LogP contribution is -2.44. The molecule has 4 atom stereocenters. The second-order valence-corrected chi connectivity index (χ2v) is 4.72. The molecule has 0 spiro atoms. The SMILES string of the molecule is C=C1NC(=O)C=CN1[C@@H]1O[C@](C#N)(CO)[C@@H](O)[C@H]1Cl. The van der Waals surface area contributed by atoms with E-state index in [-0.39, 0.29) is 11.7 Å². The number of aliphatic hydroxyl groups is 2. The highest BCUT2D eigenvalue weighted by molar-refractivity contribution is 6.21. The summed E-state index contributed by atoms with van der Waals surface area (Å²) in [5.74, 6) is -0.137. The quantitative estimate of drug-likeness (QED) is 0.561. The summed E-state index contributed by atoms with van der Waals surface area (Å²) in [6, 6.07) is 1.73. The molecule has 0 radical (unpaired) electrons. The van der Waals surface area contributed by atoms with Crippen LogP contribution in [-0.2, 0) is 9.53 Å². The second kappa shape index (κ2) is 4.83. The summed E-state index contributed by atoms with van der Waals surface area (Å²) in [5, 5.41) is 29.7. The number of halogens is 1. The van der Waals surface area contributed by atoms with Crippen LogP contribution < -0.4 is 5.32 Å². The number of nitrogens with zero attached hydrogens (tertiary/aromatic N) is 2. The fourth-order valence-electron chi connectivity index (χ4n) is 1.96. The van der Waals surface area contributed by atoms with Gasteiger partial charge >= 0.3 is 0 Å². The number of aliphatic hydroxyl groups excluding tert-OH is 2. The van der Waals surface area contributed by atoms with Crippen LogP contribution in [0.25, 0.3) is 0 Å². The Labute approximate surface area is 114 Å². The molecule has 2 heterocycles. The maximum absolute atomic E-state index is 11.1. The molecule has 0 aromatic carbocycles. The topological polar surface area (TPSA) is 106 Å². The molecule has 0 aromatic rings. The maximum atomic E-state index is 11.1. The van der Waals surface area contributed by atoms with Gasteiger partial charge in [0.15, 0.2) is 6.23 Å². The Balaban J connectivity index is 2.28. The monoisotopic (exact) mass is 285 g/mol. The second-order valence-electron chi connectivity index (χ2n) is 4.22. The van der Waals surface area contributed by atoms with Crippen molar-refractivity contribution in [3.8, 4) is 6.07 Å². The van der Waals surface area contributed by atoms with E-state index in [4.69, 9.17) is 21.6 Å². The molecule has 0 aromatic heterocycles. The summed E-state index contributed by atoms with van der Waals surface area (Å²) in [6.45, 7) is 2.93. The zero-order valence-corrected chi connectivity index (χ0v) is 10.5. The molecule has 0 saturated carbocycles. The summed E-state index contributed by atoms with van der Waals surface area (Å²) in [7, 11) is 0. The van der Waals surface area contributed by atoms with Gasteiger partial charge in [0.1, 0.15) is 23.4 Å². The molecule has 0 bridgehead atoms. The van der Waals surface area contributed by atoms with Crippen LogP contribution in [0.4, 0.5) is 0 Å². The van der Waals surface area contributed by atoms with Crippen molar-refractivity contribution >= 4 is 17.5 Å². The Bertz CT molecular complexity index is 489. The van der Waals surface area contributed by atoms with Crippen molar-refractivity contribution in [1.29, 1.82) is 5.26 Å². The molecule has 19 heavy (non-hydrogen) atoms. The normalized spacial score (nSPS) is 38.2. The predicted octanol–water partition coefficient (Wildman–Crippen LogP) is -1.02. The number of nitrogens with one attached hydrogen (secondary N) is 1. The van der Waals surface area contributed by atoms with Crippen molar-refractivity contribution in [1.82, 2.24) is 10.2 Å². The number of rotatable bonds is 2. The van der Waals surface area contributed by atoms with Gasteiger partial charge in [-0.2, -0.15) is 5.26 Å². The third-order valence-corrected chi connectivity index (χ3v) is 3.50. The van der Waals surface area contributed by atoms with E-state index < -0.39 is 29.9 Å². The zero-order chi connectivity index (χ0) is 14.2. The lowest BCUT2D eigenvalue weighted by Gasteiger charge is -2.32.